The van der Waals surface area contributed by atoms with E-state index in [1.54, 1.807) is 11.3 Å². The molecule has 1 aliphatic heterocycles. The van der Waals surface area contributed by atoms with Crippen LogP contribution in [0.3, 0.4) is 0 Å². The van der Waals surface area contributed by atoms with Gasteiger partial charge in [0.15, 0.2) is 5.13 Å². The lowest BCUT2D eigenvalue weighted by Crippen LogP contribution is -2.30. The third-order valence-electron chi connectivity index (χ3n) is 4.53. The molecule has 0 bridgehead atoms. The van der Waals surface area contributed by atoms with Crippen LogP contribution in [0.2, 0.25) is 0 Å². The second kappa shape index (κ2) is 4.25. The van der Waals surface area contributed by atoms with Gasteiger partial charge in [-0.15, -0.1) is 11.3 Å². The van der Waals surface area contributed by atoms with E-state index in [2.05, 4.69) is 22.2 Å². The molecule has 1 saturated heterocycles. The van der Waals surface area contributed by atoms with Gasteiger partial charge in [-0.1, -0.05) is 13.3 Å². The molecule has 2 fully saturated rings. The fourth-order valence-electron chi connectivity index (χ4n) is 3.42. The predicted octanol–water partition coefficient (Wildman–Crippen LogP) is 2.30. The van der Waals surface area contributed by atoms with Crippen molar-refractivity contribution >= 4 is 16.5 Å². The van der Waals surface area contributed by atoms with E-state index < -0.39 is 0 Å². The first-order valence-electron chi connectivity index (χ1n) is 6.57. The molecule has 0 spiro atoms. The van der Waals surface area contributed by atoms with Gasteiger partial charge in [-0.3, -0.25) is 0 Å². The average molecular weight is 252 g/mol. The fourth-order valence-corrected chi connectivity index (χ4v) is 4.34. The van der Waals surface area contributed by atoms with Crippen molar-refractivity contribution in [2.45, 2.75) is 32.6 Å². The summed E-state index contributed by atoms with van der Waals surface area (Å²) in [7, 11) is 0. The van der Waals surface area contributed by atoms with E-state index in [0.29, 0.717) is 12.5 Å². The average Bonchev–Trinajstić information content (AvgIpc) is 3.01. The van der Waals surface area contributed by atoms with Gasteiger partial charge in [-0.05, 0) is 25.2 Å². The first kappa shape index (κ1) is 11.5. The highest BCUT2D eigenvalue weighted by Gasteiger charge is 2.49. The van der Waals surface area contributed by atoms with Crippen molar-refractivity contribution in [3.63, 3.8) is 0 Å². The van der Waals surface area contributed by atoms with Crippen molar-refractivity contribution in [2.24, 2.45) is 11.3 Å². The Morgan fingerprint density at radius 1 is 1.65 bits per heavy atom. The third kappa shape index (κ3) is 1.78. The molecule has 1 aliphatic carbocycles. The minimum atomic E-state index is 0.179. The normalized spacial score (nSPS) is 32.1. The summed E-state index contributed by atoms with van der Waals surface area (Å²) in [5.74, 6) is 0.682. The van der Waals surface area contributed by atoms with Gasteiger partial charge in [-0.25, -0.2) is 4.98 Å². The molecule has 1 aromatic heterocycles. The number of aliphatic hydroxyl groups excluding tert-OH is 1. The lowest BCUT2D eigenvalue weighted by atomic mass is 9.82. The Hall–Kier alpha value is -0.610. The molecule has 0 radical (unpaired) electrons. The van der Waals surface area contributed by atoms with Crippen LogP contribution in [0.25, 0.3) is 0 Å². The van der Waals surface area contributed by atoms with Crippen LogP contribution >= 0.6 is 11.3 Å². The quantitative estimate of drug-likeness (QED) is 0.897. The fraction of sp³-hybridized carbons (Fsp3) is 0.769. The van der Waals surface area contributed by atoms with E-state index in [-0.39, 0.29) is 5.41 Å². The van der Waals surface area contributed by atoms with E-state index in [1.807, 2.05) is 0 Å². The lowest BCUT2D eigenvalue weighted by molar-refractivity contribution is 0.121. The summed E-state index contributed by atoms with van der Waals surface area (Å²) < 4.78 is 0. The van der Waals surface area contributed by atoms with Gasteiger partial charge in [0.1, 0.15) is 0 Å². The molecule has 2 atom stereocenters. The molecule has 3 rings (SSSR count). The molecular weight excluding hydrogens is 232 g/mol. The number of hydrogen-bond acceptors (Lipinski definition) is 4. The van der Waals surface area contributed by atoms with Crippen molar-refractivity contribution in [1.29, 1.82) is 0 Å². The molecule has 1 saturated carbocycles. The largest absolute Gasteiger partial charge is 0.396 e. The Morgan fingerprint density at radius 2 is 2.53 bits per heavy atom. The maximum atomic E-state index is 9.70. The van der Waals surface area contributed by atoms with E-state index in [9.17, 15) is 5.11 Å². The summed E-state index contributed by atoms with van der Waals surface area (Å²) in [6.07, 6.45) is 4.77. The predicted molar refractivity (Wildman–Crippen MR) is 70.6 cm³/mol. The highest BCUT2D eigenvalue weighted by atomic mass is 32.1. The minimum absolute atomic E-state index is 0.179. The number of anilines is 1. The van der Waals surface area contributed by atoms with Gasteiger partial charge in [0.05, 0.1) is 12.3 Å². The summed E-state index contributed by atoms with van der Waals surface area (Å²) in [6, 6.07) is 0. The molecule has 3 nitrogen and oxygen atoms in total. The first-order chi connectivity index (χ1) is 8.27. The SMILES string of the molecule is CCc1csc(N2C[C@H]3CCC[C@@]3(CO)C2)n1. The molecule has 0 aromatic carbocycles. The minimum Gasteiger partial charge on any atom is -0.396 e. The van der Waals surface area contributed by atoms with Crippen LogP contribution in [-0.4, -0.2) is 29.8 Å². The van der Waals surface area contributed by atoms with E-state index in [4.69, 9.17) is 0 Å². The number of hydrogen-bond donors (Lipinski definition) is 1. The number of aromatic nitrogens is 1. The number of nitrogens with zero attached hydrogens (tertiary/aromatic N) is 2. The molecule has 4 heteroatoms. The van der Waals surface area contributed by atoms with Gasteiger partial charge < -0.3 is 10.0 Å². The zero-order valence-corrected chi connectivity index (χ0v) is 11.2. The molecule has 1 aromatic rings. The van der Waals surface area contributed by atoms with Crippen LogP contribution in [-0.2, 0) is 6.42 Å². The van der Waals surface area contributed by atoms with Crippen molar-refractivity contribution < 1.29 is 5.11 Å². The topological polar surface area (TPSA) is 36.4 Å². The molecular formula is C13H20N2OS. The van der Waals surface area contributed by atoms with Crippen LogP contribution in [0.1, 0.15) is 31.9 Å². The zero-order valence-electron chi connectivity index (χ0n) is 10.4. The number of thiazole rings is 1. The van der Waals surface area contributed by atoms with Crippen LogP contribution in [0.5, 0.6) is 0 Å². The molecule has 17 heavy (non-hydrogen) atoms. The maximum Gasteiger partial charge on any atom is 0.185 e. The molecule has 2 aliphatic rings. The van der Waals surface area contributed by atoms with Crippen molar-refractivity contribution in [3.05, 3.63) is 11.1 Å². The second-order valence-electron chi connectivity index (χ2n) is 5.47. The number of aliphatic hydroxyl groups is 1. The highest BCUT2D eigenvalue weighted by Crippen LogP contribution is 2.49. The monoisotopic (exact) mass is 252 g/mol. The Bertz CT molecular complexity index is 406. The second-order valence-corrected chi connectivity index (χ2v) is 6.30. The summed E-state index contributed by atoms with van der Waals surface area (Å²) in [6.45, 7) is 4.59. The highest BCUT2D eigenvalue weighted by molar-refractivity contribution is 7.13. The van der Waals surface area contributed by atoms with Crippen LogP contribution in [0.15, 0.2) is 5.38 Å². The number of rotatable bonds is 3. The molecule has 2 heterocycles. The summed E-state index contributed by atoms with van der Waals surface area (Å²) in [4.78, 5) is 7.06. The van der Waals surface area contributed by atoms with Gasteiger partial charge in [0.2, 0.25) is 0 Å². The standard InChI is InChI=1S/C13H20N2OS/c1-2-11-7-17-12(14-11)15-6-10-4-3-5-13(10,8-15)9-16/h7,10,16H,2-6,8-9H2,1H3/t10-,13+/m1/s1. The van der Waals surface area contributed by atoms with E-state index >= 15 is 0 Å². The molecule has 1 N–H and O–H groups in total. The van der Waals surface area contributed by atoms with E-state index in [1.165, 1.54) is 25.0 Å². The van der Waals surface area contributed by atoms with E-state index in [0.717, 1.165) is 24.6 Å². The van der Waals surface area contributed by atoms with Gasteiger partial charge in [0.25, 0.3) is 0 Å². The lowest BCUT2D eigenvalue weighted by Gasteiger charge is -2.25. The Labute approximate surface area is 106 Å². The molecule has 94 valence electrons. The molecule has 0 unspecified atom stereocenters. The van der Waals surface area contributed by atoms with Gasteiger partial charge >= 0.3 is 0 Å². The van der Waals surface area contributed by atoms with Crippen molar-refractivity contribution in [3.8, 4) is 0 Å². The summed E-state index contributed by atoms with van der Waals surface area (Å²) in [5.41, 5.74) is 1.37. The van der Waals surface area contributed by atoms with Crippen LogP contribution < -0.4 is 4.90 Å². The zero-order chi connectivity index (χ0) is 11.9. The smallest absolute Gasteiger partial charge is 0.185 e. The summed E-state index contributed by atoms with van der Waals surface area (Å²) in [5, 5.41) is 13.0. The number of fused-ring (bicyclic) bond motifs is 1. The van der Waals surface area contributed by atoms with Crippen molar-refractivity contribution in [1.82, 2.24) is 4.98 Å². The van der Waals surface area contributed by atoms with Crippen molar-refractivity contribution in [2.75, 3.05) is 24.6 Å². The summed E-state index contributed by atoms with van der Waals surface area (Å²) >= 11 is 1.75. The van der Waals surface area contributed by atoms with Gasteiger partial charge in [-0.2, -0.15) is 0 Å². The number of aryl methyl sites for hydroxylation is 1. The van der Waals surface area contributed by atoms with Crippen LogP contribution in [0, 0.1) is 11.3 Å². The Morgan fingerprint density at radius 3 is 3.18 bits per heavy atom. The molecule has 0 amide bonds. The first-order valence-corrected chi connectivity index (χ1v) is 7.45. The third-order valence-corrected chi connectivity index (χ3v) is 5.48. The Kier molecular flexibility index (Phi) is 2.87. The van der Waals surface area contributed by atoms with Gasteiger partial charge in [0, 0.05) is 23.9 Å². The Balaban J connectivity index is 1.79. The van der Waals surface area contributed by atoms with Crippen LogP contribution in [0.4, 0.5) is 5.13 Å². The maximum absolute atomic E-state index is 9.70.